The summed E-state index contributed by atoms with van der Waals surface area (Å²) >= 11 is 7.73. The highest BCUT2D eigenvalue weighted by Gasteiger charge is 2.32. The Morgan fingerprint density at radius 1 is 1.13 bits per heavy atom. The number of nitrogens with one attached hydrogen (secondary N) is 1. The third kappa shape index (κ3) is 6.94. The average molecular weight is 485 g/mol. The van der Waals surface area contributed by atoms with Gasteiger partial charge in [0.1, 0.15) is 5.82 Å². The maximum Gasteiger partial charge on any atom is 0.223 e. The van der Waals surface area contributed by atoms with Gasteiger partial charge in [0.15, 0.2) is 0 Å². The second-order valence-electron chi connectivity index (χ2n) is 7.46. The number of nitrogens with zero attached hydrogens (tertiary/aromatic N) is 1. The zero-order chi connectivity index (χ0) is 22.3. The van der Waals surface area contributed by atoms with Crippen molar-refractivity contribution in [2.24, 2.45) is 5.92 Å². The highest BCUT2D eigenvalue weighted by Crippen LogP contribution is 2.26. The van der Waals surface area contributed by atoms with E-state index in [1.54, 1.807) is 11.8 Å². The molecule has 2 aromatic carbocycles. The van der Waals surface area contributed by atoms with Gasteiger partial charge in [-0.15, -0.1) is 0 Å². The Kier molecular flexibility index (Phi) is 8.77. The van der Waals surface area contributed by atoms with Crippen molar-refractivity contribution < 1.29 is 17.6 Å². The number of carbonyl (C=O) groups is 1. The molecule has 0 spiro atoms. The van der Waals surface area contributed by atoms with E-state index in [2.05, 4.69) is 17.4 Å². The van der Waals surface area contributed by atoms with Crippen LogP contribution in [0.4, 0.5) is 4.39 Å². The van der Waals surface area contributed by atoms with Crippen LogP contribution in [0.5, 0.6) is 0 Å². The summed E-state index contributed by atoms with van der Waals surface area (Å²) in [6.45, 7) is 1.07. The number of rotatable bonds is 9. The Balaban J connectivity index is 1.40. The van der Waals surface area contributed by atoms with Gasteiger partial charge >= 0.3 is 0 Å². The van der Waals surface area contributed by atoms with E-state index in [4.69, 9.17) is 11.6 Å². The molecule has 2 aromatic rings. The molecule has 1 N–H and O–H groups in total. The fourth-order valence-corrected chi connectivity index (χ4v) is 6.23. The molecule has 0 aliphatic carbocycles. The molecular formula is C22H26ClFN2O3S2. The van der Waals surface area contributed by atoms with E-state index in [0.29, 0.717) is 19.4 Å². The van der Waals surface area contributed by atoms with Gasteiger partial charge in [0.2, 0.25) is 15.9 Å². The van der Waals surface area contributed by atoms with E-state index < -0.39 is 21.6 Å². The van der Waals surface area contributed by atoms with Crippen molar-refractivity contribution in [1.82, 2.24) is 9.62 Å². The number of sulfonamides is 1. The number of hydrogen-bond donors (Lipinski definition) is 1. The molecule has 0 bridgehead atoms. The molecule has 0 aromatic heterocycles. The van der Waals surface area contributed by atoms with Gasteiger partial charge in [-0.3, -0.25) is 4.79 Å². The van der Waals surface area contributed by atoms with E-state index in [0.717, 1.165) is 11.5 Å². The molecule has 1 fully saturated rings. The van der Waals surface area contributed by atoms with Crippen molar-refractivity contribution in [1.29, 1.82) is 0 Å². The molecule has 1 amide bonds. The van der Waals surface area contributed by atoms with Crippen LogP contribution in [0, 0.1) is 11.7 Å². The van der Waals surface area contributed by atoms with E-state index in [9.17, 15) is 17.6 Å². The molecule has 1 aliphatic heterocycles. The Bertz CT molecular complexity index is 961. The summed E-state index contributed by atoms with van der Waals surface area (Å²) in [5.74, 6) is 0.372. The van der Waals surface area contributed by atoms with Crippen LogP contribution >= 0.6 is 23.4 Å². The SMILES string of the molecule is O=C(NCCSCc1ccccc1)C1CCN(S(=O)(=O)Cc2c(F)cccc2Cl)CC1. The molecule has 0 unspecified atom stereocenters. The fourth-order valence-electron chi connectivity index (χ4n) is 3.50. The fraction of sp³-hybridized carbons (Fsp3) is 0.409. The second-order valence-corrected chi connectivity index (χ2v) is 10.9. The number of amides is 1. The summed E-state index contributed by atoms with van der Waals surface area (Å²) in [5.41, 5.74) is 1.24. The van der Waals surface area contributed by atoms with Gasteiger partial charge in [-0.25, -0.2) is 17.1 Å². The first-order chi connectivity index (χ1) is 14.9. The predicted octanol–water partition coefficient (Wildman–Crippen LogP) is 4.07. The van der Waals surface area contributed by atoms with Crippen molar-refractivity contribution in [3.63, 3.8) is 0 Å². The molecule has 0 atom stereocenters. The minimum absolute atomic E-state index is 0.0166. The molecular weight excluding hydrogens is 459 g/mol. The molecule has 1 aliphatic rings. The quantitative estimate of drug-likeness (QED) is 0.545. The summed E-state index contributed by atoms with van der Waals surface area (Å²) in [6, 6.07) is 14.3. The maximum atomic E-state index is 14.0. The van der Waals surface area contributed by atoms with Gasteiger partial charge in [0, 0.05) is 47.6 Å². The van der Waals surface area contributed by atoms with Crippen molar-refractivity contribution in [2.45, 2.75) is 24.3 Å². The van der Waals surface area contributed by atoms with Crippen molar-refractivity contribution in [3.8, 4) is 0 Å². The Morgan fingerprint density at radius 2 is 1.84 bits per heavy atom. The predicted molar refractivity (Wildman–Crippen MR) is 124 cm³/mol. The lowest BCUT2D eigenvalue weighted by molar-refractivity contribution is -0.125. The Morgan fingerprint density at radius 3 is 2.52 bits per heavy atom. The summed E-state index contributed by atoms with van der Waals surface area (Å²) in [4.78, 5) is 12.4. The topological polar surface area (TPSA) is 66.5 Å². The third-order valence-corrected chi connectivity index (χ3v) is 8.45. The van der Waals surface area contributed by atoms with Gasteiger partial charge in [-0.05, 0) is 30.5 Å². The number of thioether (sulfide) groups is 1. The molecule has 1 heterocycles. The second kappa shape index (κ2) is 11.3. The first-order valence-corrected chi connectivity index (χ1v) is 13.3. The van der Waals surface area contributed by atoms with Crippen molar-refractivity contribution in [3.05, 3.63) is 70.5 Å². The molecule has 31 heavy (non-hydrogen) atoms. The standard InChI is InChI=1S/C22H26ClFN2O3S2/c23-20-7-4-8-21(24)19(20)16-31(28,29)26-12-9-18(10-13-26)22(27)25-11-14-30-15-17-5-2-1-3-6-17/h1-8,18H,9-16H2,(H,25,27). The van der Waals surface area contributed by atoms with Crippen LogP contribution in [-0.4, -0.2) is 44.0 Å². The van der Waals surface area contributed by atoms with E-state index in [1.807, 2.05) is 18.2 Å². The average Bonchev–Trinajstić information content (AvgIpc) is 2.77. The largest absolute Gasteiger partial charge is 0.355 e. The smallest absolute Gasteiger partial charge is 0.223 e. The molecule has 1 saturated heterocycles. The first kappa shape index (κ1) is 24.0. The minimum atomic E-state index is -3.71. The number of carbonyl (C=O) groups excluding carboxylic acids is 1. The highest BCUT2D eigenvalue weighted by atomic mass is 35.5. The number of piperidine rings is 1. The molecule has 168 valence electrons. The number of benzene rings is 2. The zero-order valence-electron chi connectivity index (χ0n) is 17.1. The summed E-state index contributed by atoms with van der Waals surface area (Å²) < 4.78 is 40.7. The lowest BCUT2D eigenvalue weighted by Gasteiger charge is -2.30. The van der Waals surface area contributed by atoms with Crippen LogP contribution in [0.3, 0.4) is 0 Å². The Hall–Kier alpha value is -1.61. The van der Waals surface area contributed by atoms with Crippen LogP contribution in [0.15, 0.2) is 48.5 Å². The zero-order valence-corrected chi connectivity index (χ0v) is 19.5. The third-order valence-electron chi connectivity index (χ3n) is 5.26. The van der Waals surface area contributed by atoms with E-state index in [1.165, 1.54) is 28.1 Å². The molecule has 0 saturated carbocycles. The monoisotopic (exact) mass is 484 g/mol. The maximum absolute atomic E-state index is 14.0. The Labute approximate surface area is 192 Å². The lowest BCUT2D eigenvalue weighted by Crippen LogP contribution is -2.43. The van der Waals surface area contributed by atoms with Crippen molar-refractivity contribution in [2.75, 3.05) is 25.4 Å². The minimum Gasteiger partial charge on any atom is -0.355 e. The summed E-state index contributed by atoms with van der Waals surface area (Å²) in [7, 11) is -3.71. The molecule has 9 heteroatoms. The molecule has 0 radical (unpaired) electrons. The van der Waals surface area contributed by atoms with Gasteiger partial charge < -0.3 is 5.32 Å². The van der Waals surface area contributed by atoms with Gasteiger partial charge in [-0.2, -0.15) is 11.8 Å². The molecule has 3 rings (SSSR count). The normalized spacial score (nSPS) is 15.7. The van der Waals surface area contributed by atoms with Crippen LogP contribution in [0.2, 0.25) is 5.02 Å². The van der Waals surface area contributed by atoms with Gasteiger partial charge in [0.05, 0.1) is 5.75 Å². The van der Waals surface area contributed by atoms with Crippen LogP contribution in [0.1, 0.15) is 24.0 Å². The lowest BCUT2D eigenvalue weighted by atomic mass is 9.97. The van der Waals surface area contributed by atoms with E-state index in [-0.39, 0.29) is 35.5 Å². The summed E-state index contributed by atoms with van der Waals surface area (Å²) in [5, 5.41) is 3.05. The number of hydrogen-bond acceptors (Lipinski definition) is 4. The highest BCUT2D eigenvalue weighted by molar-refractivity contribution is 7.98. The van der Waals surface area contributed by atoms with E-state index >= 15 is 0 Å². The van der Waals surface area contributed by atoms with Crippen LogP contribution in [0.25, 0.3) is 0 Å². The van der Waals surface area contributed by atoms with Gasteiger partial charge in [-0.1, -0.05) is 48.0 Å². The first-order valence-electron chi connectivity index (χ1n) is 10.2. The summed E-state index contributed by atoms with van der Waals surface area (Å²) in [6.07, 6.45) is 0.903. The number of halogens is 2. The van der Waals surface area contributed by atoms with Gasteiger partial charge in [0.25, 0.3) is 0 Å². The van der Waals surface area contributed by atoms with Crippen LogP contribution < -0.4 is 5.32 Å². The van der Waals surface area contributed by atoms with Crippen LogP contribution in [-0.2, 0) is 26.3 Å². The van der Waals surface area contributed by atoms with Crippen molar-refractivity contribution >= 4 is 39.3 Å². The molecule has 5 nitrogen and oxygen atoms in total.